The second-order valence-corrected chi connectivity index (χ2v) is 11.2. The number of hydrogen-bond acceptors (Lipinski definition) is 9. The normalized spacial score (nSPS) is 15.2. The number of hydrogen-bond donors (Lipinski definition) is 3. The summed E-state index contributed by atoms with van der Waals surface area (Å²) in [4.78, 5) is 63.9. The fourth-order valence-electron chi connectivity index (χ4n) is 3.83. The molecule has 0 aliphatic carbocycles. The molecule has 0 bridgehead atoms. The zero-order chi connectivity index (χ0) is 35.1. The summed E-state index contributed by atoms with van der Waals surface area (Å²) >= 11 is 0. The summed E-state index contributed by atoms with van der Waals surface area (Å²) < 4.78 is 9.59. The van der Waals surface area contributed by atoms with Gasteiger partial charge in [-0.15, -0.1) is 0 Å². The Bertz CT molecular complexity index is 1210. The number of carbonyl (C=O) groups is 4. The second-order valence-electron chi connectivity index (χ2n) is 11.2. The SMILES string of the molecule is C.C.CCCNC(=O)OC(C)(C)C.CC[C@@H]1NC(=O)[C@@H](C)N(Cc2ccccc2)C1=O.COC(=O)[C@@H](C)NCc1ccccc1.O=C=O. The molecule has 48 heavy (non-hydrogen) atoms. The summed E-state index contributed by atoms with van der Waals surface area (Å²) in [5.41, 5.74) is 1.81. The van der Waals surface area contributed by atoms with E-state index in [1.807, 2.05) is 95.3 Å². The fourth-order valence-corrected chi connectivity index (χ4v) is 3.83. The van der Waals surface area contributed by atoms with Gasteiger partial charge in [-0.05, 0) is 58.6 Å². The highest BCUT2D eigenvalue weighted by Crippen LogP contribution is 2.15. The molecule has 1 heterocycles. The van der Waals surface area contributed by atoms with E-state index in [-0.39, 0.29) is 57.0 Å². The molecule has 3 atom stereocenters. The smallest absolute Gasteiger partial charge is 0.407 e. The van der Waals surface area contributed by atoms with Crippen LogP contribution in [0.5, 0.6) is 0 Å². The van der Waals surface area contributed by atoms with Crippen molar-refractivity contribution in [1.29, 1.82) is 0 Å². The lowest BCUT2D eigenvalue weighted by atomic mass is 10.1. The van der Waals surface area contributed by atoms with Crippen LogP contribution in [0, 0.1) is 0 Å². The zero-order valence-electron chi connectivity index (χ0n) is 28.3. The van der Waals surface area contributed by atoms with Crippen molar-refractivity contribution in [2.24, 2.45) is 0 Å². The Labute approximate surface area is 287 Å². The van der Waals surface area contributed by atoms with Gasteiger partial charge in [0.2, 0.25) is 11.8 Å². The van der Waals surface area contributed by atoms with Crippen molar-refractivity contribution in [3.63, 3.8) is 0 Å². The van der Waals surface area contributed by atoms with Gasteiger partial charge >= 0.3 is 18.2 Å². The van der Waals surface area contributed by atoms with Crippen molar-refractivity contribution in [3.05, 3.63) is 71.8 Å². The molecular weight excluding hydrogens is 616 g/mol. The number of benzene rings is 2. The number of nitrogens with zero attached hydrogens (tertiary/aromatic N) is 1. The van der Waals surface area contributed by atoms with Crippen molar-refractivity contribution in [3.8, 4) is 0 Å². The van der Waals surface area contributed by atoms with E-state index in [4.69, 9.17) is 14.3 Å². The van der Waals surface area contributed by atoms with E-state index in [0.29, 0.717) is 26.1 Å². The molecule has 0 spiro atoms. The number of amides is 3. The number of rotatable bonds is 9. The third-order valence-corrected chi connectivity index (χ3v) is 6.28. The van der Waals surface area contributed by atoms with Gasteiger partial charge in [0.25, 0.3) is 0 Å². The fraction of sp³-hybridized carbons (Fsp3) is 0.528. The summed E-state index contributed by atoms with van der Waals surface area (Å²) in [6.45, 7) is 14.8. The van der Waals surface area contributed by atoms with Crippen LogP contribution in [0.3, 0.4) is 0 Å². The van der Waals surface area contributed by atoms with Crippen LogP contribution < -0.4 is 16.0 Å². The number of carbonyl (C=O) groups excluding carboxylic acids is 6. The maximum atomic E-state index is 12.2. The summed E-state index contributed by atoms with van der Waals surface area (Å²) in [6, 6.07) is 18.6. The molecule has 0 aromatic heterocycles. The molecule has 1 aliphatic rings. The summed E-state index contributed by atoms with van der Waals surface area (Å²) in [5, 5.41) is 8.45. The Morgan fingerprint density at radius 3 is 1.90 bits per heavy atom. The molecule has 270 valence electrons. The van der Waals surface area contributed by atoms with Gasteiger partial charge in [-0.1, -0.05) is 89.4 Å². The monoisotopic (exact) mass is 674 g/mol. The van der Waals surface area contributed by atoms with Gasteiger partial charge in [0.1, 0.15) is 23.7 Å². The summed E-state index contributed by atoms with van der Waals surface area (Å²) in [5.74, 6) is -0.299. The van der Waals surface area contributed by atoms with E-state index < -0.39 is 11.6 Å². The predicted molar refractivity (Wildman–Crippen MR) is 186 cm³/mol. The maximum absolute atomic E-state index is 12.2. The Morgan fingerprint density at radius 1 is 0.958 bits per heavy atom. The van der Waals surface area contributed by atoms with Crippen molar-refractivity contribution >= 4 is 30.0 Å². The van der Waals surface area contributed by atoms with Crippen molar-refractivity contribution < 1.29 is 38.2 Å². The summed E-state index contributed by atoms with van der Waals surface area (Å²) in [6.07, 6.45) is 1.47. The lowest BCUT2D eigenvalue weighted by Gasteiger charge is -2.37. The highest BCUT2D eigenvalue weighted by molar-refractivity contribution is 5.96. The van der Waals surface area contributed by atoms with Crippen LogP contribution in [0.1, 0.15) is 87.3 Å². The third kappa shape index (κ3) is 20.6. The Balaban J connectivity index is -0.000000612. The molecule has 2 aromatic carbocycles. The quantitative estimate of drug-likeness (QED) is 0.302. The molecule has 0 radical (unpaired) electrons. The first-order chi connectivity index (χ1) is 21.7. The van der Waals surface area contributed by atoms with Gasteiger partial charge in [0.15, 0.2) is 0 Å². The molecule has 12 heteroatoms. The number of alkyl carbamates (subject to hydrolysis) is 1. The van der Waals surface area contributed by atoms with Gasteiger partial charge in [-0.2, -0.15) is 9.59 Å². The van der Waals surface area contributed by atoms with E-state index >= 15 is 0 Å². The van der Waals surface area contributed by atoms with Crippen molar-refractivity contribution in [2.75, 3.05) is 13.7 Å². The molecule has 1 saturated heterocycles. The first-order valence-corrected chi connectivity index (χ1v) is 15.2. The highest BCUT2D eigenvalue weighted by atomic mass is 16.6. The Kier molecular flexibility index (Phi) is 26.4. The maximum Gasteiger partial charge on any atom is 0.407 e. The zero-order valence-corrected chi connectivity index (χ0v) is 28.3. The van der Waals surface area contributed by atoms with Crippen LogP contribution in [0.15, 0.2) is 60.7 Å². The molecule has 3 rings (SSSR count). The van der Waals surface area contributed by atoms with Gasteiger partial charge in [-0.3, -0.25) is 14.4 Å². The lowest BCUT2D eigenvalue weighted by Crippen LogP contribution is -2.61. The van der Waals surface area contributed by atoms with E-state index in [1.165, 1.54) is 7.11 Å². The Hall–Kier alpha value is -4.54. The molecular formula is C36H58N4O8. The average molecular weight is 675 g/mol. The molecule has 3 N–H and O–H groups in total. The van der Waals surface area contributed by atoms with Crippen LogP contribution in [0.2, 0.25) is 0 Å². The van der Waals surface area contributed by atoms with Gasteiger partial charge in [0.05, 0.1) is 7.11 Å². The minimum atomic E-state index is -0.402. The van der Waals surface area contributed by atoms with Gasteiger partial charge < -0.3 is 30.3 Å². The minimum absolute atomic E-state index is 0. The molecule has 0 unspecified atom stereocenters. The number of nitrogens with one attached hydrogen (secondary N) is 3. The lowest BCUT2D eigenvalue weighted by molar-refractivity contribution is -0.191. The van der Waals surface area contributed by atoms with Crippen molar-refractivity contribution in [1.82, 2.24) is 20.9 Å². The number of methoxy groups -OCH3 is 1. The van der Waals surface area contributed by atoms with Crippen LogP contribution in [-0.4, -0.2) is 72.3 Å². The van der Waals surface area contributed by atoms with E-state index in [1.54, 1.807) is 18.7 Å². The highest BCUT2D eigenvalue weighted by Gasteiger charge is 2.36. The molecule has 0 saturated carbocycles. The average Bonchev–Trinajstić information content (AvgIpc) is 3.03. The first-order valence-electron chi connectivity index (χ1n) is 15.2. The predicted octanol–water partition coefficient (Wildman–Crippen LogP) is 5.26. The molecule has 2 aromatic rings. The van der Waals surface area contributed by atoms with Crippen LogP contribution in [-0.2, 0) is 46.5 Å². The number of ether oxygens (including phenoxy) is 2. The Morgan fingerprint density at radius 2 is 1.46 bits per heavy atom. The standard InChI is InChI=1S/C14H18N2O2.C11H15NO2.C8H17NO2.CO2.2CH4/c1-3-12-14(18)16(10(2)13(17)15-12)9-11-7-5-4-6-8-11;1-9(11(13)14-2)12-8-10-6-4-3-5-7-10;1-5-6-9-7(10)11-8(2,3)4;2-1-3;;/h4-8,10,12H,3,9H2,1-2H3,(H,15,17);3-7,9,12H,8H2,1-2H3;5-6H2,1-4H3,(H,9,10);;2*1H4/t10-,12+;9-;;;;/m11..../s1. The first kappa shape index (κ1) is 47.9. The molecule has 3 amide bonds. The van der Waals surface area contributed by atoms with Crippen LogP contribution >= 0.6 is 0 Å². The molecule has 12 nitrogen and oxygen atoms in total. The molecule has 1 aliphatic heterocycles. The van der Waals surface area contributed by atoms with E-state index in [9.17, 15) is 19.2 Å². The topological polar surface area (TPSA) is 160 Å². The van der Waals surface area contributed by atoms with Crippen LogP contribution in [0.4, 0.5) is 4.79 Å². The third-order valence-electron chi connectivity index (χ3n) is 6.28. The van der Waals surface area contributed by atoms with Crippen molar-refractivity contribution in [2.45, 2.75) is 113 Å². The number of esters is 1. The van der Waals surface area contributed by atoms with E-state index in [0.717, 1.165) is 17.5 Å². The van der Waals surface area contributed by atoms with Gasteiger partial charge in [0, 0.05) is 19.6 Å². The second kappa shape index (κ2) is 26.5. The molecule has 1 fully saturated rings. The largest absolute Gasteiger partial charge is 0.468 e. The van der Waals surface area contributed by atoms with E-state index in [2.05, 4.69) is 20.7 Å². The minimum Gasteiger partial charge on any atom is -0.468 e. The van der Waals surface area contributed by atoms with Gasteiger partial charge in [-0.25, -0.2) is 4.79 Å². The summed E-state index contributed by atoms with van der Waals surface area (Å²) in [7, 11) is 1.39. The van der Waals surface area contributed by atoms with Crippen LogP contribution in [0.25, 0.3) is 0 Å². The number of piperazine rings is 1.